The number of thioether (sulfide) groups is 1. The van der Waals surface area contributed by atoms with Gasteiger partial charge in [-0.3, -0.25) is 0 Å². The SMILES string of the molecule is CC(C)c1ccc(NC[C@H](O)CSc2ccc(Cl)cc2)cc1. The molecule has 2 aromatic rings. The molecule has 0 aromatic heterocycles. The van der Waals surface area contributed by atoms with E-state index in [2.05, 4.69) is 43.4 Å². The summed E-state index contributed by atoms with van der Waals surface area (Å²) in [4.78, 5) is 1.12. The van der Waals surface area contributed by atoms with Crippen LogP contribution in [-0.4, -0.2) is 23.5 Å². The molecule has 0 bridgehead atoms. The summed E-state index contributed by atoms with van der Waals surface area (Å²) in [6, 6.07) is 16.1. The maximum atomic E-state index is 10.1. The van der Waals surface area contributed by atoms with Crippen molar-refractivity contribution in [2.75, 3.05) is 17.6 Å². The topological polar surface area (TPSA) is 32.3 Å². The monoisotopic (exact) mass is 335 g/mol. The molecular weight excluding hydrogens is 314 g/mol. The van der Waals surface area contributed by atoms with Crippen LogP contribution in [0.25, 0.3) is 0 Å². The number of anilines is 1. The first-order valence-corrected chi connectivity index (χ1v) is 8.81. The average Bonchev–Trinajstić information content (AvgIpc) is 2.52. The predicted octanol–water partition coefficient (Wildman–Crippen LogP) is 5.03. The molecule has 0 aliphatic carbocycles. The Kier molecular flexibility index (Phi) is 6.62. The van der Waals surface area contributed by atoms with Crippen molar-refractivity contribution in [3.63, 3.8) is 0 Å². The number of halogens is 1. The lowest BCUT2D eigenvalue weighted by Gasteiger charge is -2.13. The van der Waals surface area contributed by atoms with Crippen molar-refractivity contribution < 1.29 is 5.11 Å². The number of hydrogen-bond acceptors (Lipinski definition) is 3. The van der Waals surface area contributed by atoms with Crippen molar-refractivity contribution in [3.8, 4) is 0 Å². The number of aliphatic hydroxyl groups is 1. The fourth-order valence-corrected chi connectivity index (χ4v) is 2.96. The quantitative estimate of drug-likeness (QED) is 0.696. The van der Waals surface area contributed by atoms with Crippen LogP contribution in [0.5, 0.6) is 0 Å². The summed E-state index contributed by atoms with van der Waals surface area (Å²) in [6.07, 6.45) is -0.398. The summed E-state index contributed by atoms with van der Waals surface area (Å²) in [5.74, 6) is 1.19. The third kappa shape index (κ3) is 5.56. The third-order valence-electron chi connectivity index (χ3n) is 3.38. The summed E-state index contributed by atoms with van der Waals surface area (Å²) in [7, 11) is 0. The Hall–Kier alpha value is -1.16. The first kappa shape index (κ1) is 17.2. The maximum Gasteiger partial charge on any atom is 0.0806 e. The number of hydrogen-bond donors (Lipinski definition) is 2. The van der Waals surface area contributed by atoms with Crippen molar-refractivity contribution in [1.29, 1.82) is 0 Å². The van der Waals surface area contributed by atoms with E-state index in [-0.39, 0.29) is 0 Å². The van der Waals surface area contributed by atoms with Crippen molar-refractivity contribution in [2.45, 2.75) is 30.8 Å². The van der Waals surface area contributed by atoms with Crippen molar-refractivity contribution in [1.82, 2.24) is 0 Å². The molecule has 2 nitrogen and oxygen atoms in total. The molecule has 0 saturated heterocycles. The summed E-state index contributed by atoms with van der Waals surface area (Å²) in [5, 5.41) is 14.1. The van der Waals surface area contributed by atoms with E-state index >= 15 is 0 Å². The van der Waals surface area contributed by atoms with E-state index < -0.39 is 6.10 Å². The standard InChI is InChI=1S/C18H22ClNOS/c1-13(2)14-3-7-16(8-4-14)20-11-17(21)12-22-18-9-5-15(19)6-10-18/h3-10,13,17,20-21H,11-12H2,1-2H3/t17-/m0/s1. The Balaban J connectivity index is 1.75. The maximum absolute atomic E-state index is 10.1. The zero-order chi connectivity index (χ0) is 15.9. The second kappa shape index (κ2) is 8.47. The van der Waals surface area contributed by atoms with Gasteiger partial charge in [0.15, 0.2) is 0 Å². The largest absolute Gasteiger partial charge is 0.390 e. The molecule has 22 heavy (non-hydrogen) atoms. The molecule has 0 aliphatic heterocycles. The van der Waals surface area contributed by atoms with Gasteiger partial charge < -0.3 is 10.4 Å². The van der Waals surface area contributed by atoms with Gasteiger partial charge in [-0.2, -0.15) is 0 Å². The van der Waals surface area contributed by atoms with E-state index in [0.717, 1.165) is 15.6 Å². The Labute approximate surface area is 141 Å². The minimum atomic E-state index is -0.398. The Morgan fingerprint density at radius 2 is 1.68 bits per heavy atom. The molecule has 0 radical (unpaired) electrons. The molecule has 1 atom stereocenters. The molecule has 0 spiro atoms. The molecule has 2 N–H and O–H groups in total. The molecule has 118 valence electrons. The van der Waals surface area contributed by atoms with E-state index in [1.165, 1.54) is 5.56 Å². The molecule has 0 amide bonds. The van der Waals surface area contributed by atoms with Gasteiger partial charge >= 0.3 is 0 Å². The highest BCUT2D eigenvalue weighted by molar-refractivity contribution is 7.99. The third-order valence-corrected chi connectivity index (χ3v) is 4.78. The van der Waals surface area contributed by atoms with Gasteiger partial charge in [-0.25, -0.2) is 0 Å². The number of rotatable bonds is 7. The van der Waals surface area contributed by atoms with Crippen LogP contribution in [0.1, 0.15) is 25.3 Å². The minimum absolute atomic E-state index is 0.398. The highest BCUT2D eigenvalue weighted by atomic mass is 35.5. The molecule has 2 aromatic carbocycles. The normalized spacial score (nSPS) is 12.4. The predicted molar refractivity (Wildman–Crippen MR) is 97.2 cm³/mol. The molecule has 0 fully saturated rings. The molecule has 2 rings (SSSR count). The van der Waals surface area contributed by atoms with Gasteiger partial charge in [0.1, 0.15) is 0 Å². The number of aliphatic hydroxyl groups excluding tert-OH is 1. The van der Waals surface area contributed by atoms with Crippen LogP contribution in [0.15, 0.2) is 53.4 Å². The van der Waals surface area contributed by atoms with Gasteiger partial charge in [-0.1, -0.05) is 37.6 Å². The van der Waals surface area contributed by atoms with Gasteiger partial charge in [0.05, 0.1) is 6.10 Å². The second-order valence-electron chi connectivity index (χ2n) is 5.58. The Morgan fingerprint density at radius 1 is 1.05 bits per heavy atom. The van der Waals surface area contributed by atoms with Gasteiger partial charge in [0.2, 0.25) is 0 Å². The highest BCUT2D eigenvalue weighted by Gasteiger charge is 2.06. The van der Waals surface area contributed by atoms with Crippen LogP contribution < -0.4 is 5.32 Å². The summed E-state index contributed by atoms with van der Waals surface area (Å²) in [5.41, 5.74) is 2.37. The fraction of sp³-hybridized carbons (Fsp3) is 0.333. The van der Waals surface area contributed by atoms with Gasteiger partial charge in [-0.15, -0.1) is 11.8 Å². The van der Waals surface area contributed by atoms with Crippen LogP contribution >= 0.6 is 23.4 Å². The van der Waals surface area contributed by atoms with E-state index in [1.807, 2.05) is 24.3 Å². The molecule has 0 heterocycles. The molecular formula is C18H22ClNOS. The number of benzene rings is 2. The van der Waals surface area contributed by atoms with Gasteiger partial charge in [-0.05, 0) is 47.9 Å². The highest BCUT2D eigenvalue weighted by Crippen LogP contribution is 2.21. The fourth-order valence-electron chi connectivity index (χ4n) is 2.00. The van der Waals surface area contributed by atoms with Crippen molar-refractivity contribution >= 4 is 29.1 Å². The lowest BCUT2D eigenvalue weighted by Crippen LogP contribution is -2.21. The molecule has 0 unspecified atom stereocenters. The van der Waals surface area contributed by atoms with E-state index in [1.54, 1.807) is 11.8 Å². The minimum Gasteiger partial charge on any atom is -0.390 e. The van der Waals surface area contributed by atoms with Crippen molar-refractivity contribution in [3.05, 3.63) is 59.1 Å². The Morgan fingerprint density at radius 3 is 2.27 bits per heavy atom. The average molecular weight is 336 g/mol. The first-order valence-electron chi connectivity index (χ1n) is 7.45. The molecule has 0 saturated carbocycles. The summed E-state index contributed by atoms with van der Waals surface area (Å²) >= 11 is 7.48. The van der Waals surface area contributed by atoms with Gasteiger partial charge in [0.25, 0.3) is 0 Å². The van der Waals surface area contributed by atoms with E-state index in [0.29, 0.717) is 18.2 Å². The van der Waals surface area contributed by atoms with E-state index in [4.69, 9.17) is 11.6 Å². The van der Waals surface area contributed by atoms with Crippen LogP contribution in [-0.2, 0) is 0 Å². The summed E-state index contributed by atoms with van der Waals surface area (Å²) < 4.78 is 0. The number of nitrogens with one attached hydrogen (secondary N) is 1. The van der Waals surface area contributed by atoms with E-state index in [9.17, 15) is 5.11 Å². The molecule has 4 heteroatoms. The van der Waals surface area contributed by atoms with Crippen LogP contribution in [0.2, 0.25) is 5.02 Å². The van der Waals surface area contributed by atoms with Crippen LogP contribution in [0.3, 0.4) is 0 Å². The van der Waals surface area contributed by atoms with Gasteiger partial charge in [0, 0.05) is 27.9 Å². The first-order chi connectivity index (χ1) is 10.5. The van der Waals surface area contributed by atoms with Crippen molar-refractivity contribution in [2.24, 2.45) is 0 Å². The Bertz CT molecular complexity index is 569. The molecule has 0 aliphatic rings. The lowest BCUT2D eigenvalue weighted by atomic mass is 10.0. The second-order valence-corrected chi connectivity index (χ2v) is 7.11. The smallest absolute Gasteiger partial charge is 0.0806 e. The zero-order valence-electron chi connectivity index (χ0n) is 12.9. The lowest BCUT2D eigenvalue weighted by molar-refractivity contribution is 0.213. The summed E-state index contributed by atoms with van der Waals surface area (Å²) in [6.45, 7) is 4.90. The zero-order valence-corrected chi connectivity index (χ0v) is 14.5. The van der Waals surface area contributed by atoms with Crippen LogP contribution in [0.4, 0.5) is 5.69 Å². The van der Waals surface area contributed by atoms with Crippen LogP contribution in [0, 0.1) is 0 Å².